The van der Waals surface area contributed by atoms with Crippen molar-refractivity contribution in [2.45, 2.75) is 52.6 Å². The Morgan fingerprint density at radius 3 is 2.50 bits per heavy atom. The van der Waals surface area contributed by atoms with Gasteiger partial charge < -0.3 is 19.4 Å². The van der Waals surface area contributed by atoms with Crippen LogP contribution in [0.2, 0.25) is 0 Å². The molecule has 4 rings (SSSR count). The zero-order valence-electron chi connectivity index (χ0n) is 20.0. The summed E-state index contributed by atoms with van der Waals surface area (Å²) in [5, 5.41) is 4.65. The number of anilines is 1. The molecule has 0 spiro atoms. The SMILES string of the molecule is CCc1cnn2c(N3CC(C(=O)N(C)C)C3)c3c(nc12)CCN(C(=O)OC(C)(C)C)CC3. The monoisotopic (exact) mass is 442 g/mol. The zero-order valence-corrected chi connectivity index (χ0v) is 20.0. The molecule has 2 aromatic rings. The number of aromatic nitrogens is 3. The lowest BCUT2D eigenvalue weighted by Crippen LogP contribution is -2.54. The molecule has 0 N–H and O–H groups in total. The molecule has 0 saturated carbocycles. The van der Waals surface area contributed by atoms with Gasteiger partial charge >= 0.3 is 6.09 Å². The number of carbonyl (C=O) groups is 2. The summed E-state index contributed by atoms with van der Waals surface area (Å²) in [4.78, 5) is 35.7. The van der Waals surface area contributed by atoms with Crippen LogP contribution in [0.5, 0.6) is 0 Å². The van der Waals surface area contributed by atoms with Gasteiger partial charge in [-0.2, -0.15) is 9.61 Å². The first-order valence-corrected chi connectivity index (χ1v) is 11.4. The van der Waals surface area contributed by atoms with E-state index in [4.69, 9.17) is 9.72 Å². The highest BCUT2D eigenvalue weighted by Crippen LogP contribution is 2.33. The first kappa shape index (κ1) is 22.4. The Bertz CT molecular complexity index is 1030. The third kappa shape index (κ3) is 4.12. The summed E-state index contributed by atoms with van der Waals surface area (Å²) in [6.07, 6.45) is 3.80. The molecular formula is C23H34N6O3. The Morgan fingerprint density at radius 2 is 1.88 bits per heavy atom. The third-order valence-electron chi connectivity index (χ3n) is 6.13. The standard InChI is InChI=1S/C23H34N6O3/c1-7-15-12-24-29-19(15)25-18-9-11-27(22(31)32-23(2,3)4)10-8-17(18)20(29)28-13-16(14-28)21(30)26(5)6/h12,16H,7-11,13-14H2,1-6H3. The predicted molar refractivity (Wildman–Crippen MR) is 122 cm³/mol. The van der Waals surface area contributed by atoms with E-state index in [2.05, 4.69) is 16.9 Å². The Kier molecular flexibility index (Phi) is 5.77. The van der Waals surface area contributed by atoms with Gasteiger partial charge in [0.15, 0.2) is 5.65 Å². The van der Waals surface area contributed by atoms with Crippen LogP contribution < -0.4 is 4.90 Å². The van der Waals surface area contributed by atoms with Gasteiger partial charge in [-0.1, -0.05) is 6.92 Å². The predicted octanol–water partition coefficient (Wildman–Crippen LogP) is 2.15. The number of rotatable bonds is 3. The molecular weight excluding hydrogens is 408 g/mol. The molecule has 32 heavy (non-hydrogen) atoms. The van der Waals surface area contributed by atoms with Crippen LogP contribution in [0.4, 0.5) is 10.6 Å². The Labute approximate surface area is 189 Å². The summed E-state index contributed by atoms with van der Waals surface area (Å²) in [6.45, 7) is 10.2. The molecule has 2 aliphatic rings. The molecule has 0 radical (unpaired) electrons. The minimum absolute atomic E-state index is 0.00545. The summed E-state index contributed by atoms with van der Waals surface area (Å²) >= 11 is 0. The quantitative estimate of drug-likeness (QED) is 0.724. The van der Waals surface area contributed by atoms with E-state index < -0.39 is 5.60 Å². The normalized spacial score (nSPS) is 17.1. The number of ether oxygens (including phenoxy) is 1. The van der Waals surface area contributed by atoms with Crippen molar-refractivity contribution in [3.05, 3.63) is 23.0 Å². The van der Waals surface area contributed by atoms with Crippen LogP contribution in [0.1, 0.15) is 44.5 Å². The number of amides is 2. The van der Waals surface area contributed by atoms with Crippen molar-refractivity contribution in [3.63, 3.8) is 0 Å². The minimum atomic E-state index is -0.526. The molecule has 2 aliphatic heterocycles. The van der Waals surface area contributed by atoms with Crippen LogP contribution in [0, 0.1) is 5.92 Å². The molecule has 9 heteroatoms. The van der Waals surface area contributed by atoms with Crippen molar-refractivity contribution >= 4 is 23.5 Å². The number of fused-ring (bicyclic) bond motifs is 2. The molecule has 0 aliphatic carbocycles. The second kappa shape index (κ2) is 8.26. The smallest absolute Gasteiger partial charge is 0.410 e. The van der Waals surface area contributed by atoms with E-state index >= 15 is 0 Å². The van der Waals surface area contributed by atoms with E-state index in [1.165, 1.54) is 0 Å². The lowest BCUT2D eigenvalue weighted by molar-refractivity contribution is -0.133. The molecule has 4 heterocycles. The summed E-state index contributed by atoms with van der Waals surface area (Å²) < 4.78 is 7.53. The van der Waals surface area contributed by atoms with Gasteiger partial charge in [0.2, 0.25) is 5.91 Å². The highest BCUT2D eigenvalue weighted by Gasteiger charge is 2.37. The average Bonchev–Trinajstić information content (AvgIpc) is 2.95. The maximum absolute atomic E-state index is 12.7. The van der Waals surface area contributed by atoms with Gasteiger partial charge in [0.25, 0.3) is 0 Å². The topological polar surface area (TPSA) is 83.3 Å². The summed E-state index contributed by atoms with van der Waals surface area (Å²) in [7, 11) is 3.60. The van der Waals surface area contributed by atoms with E-state index in [1.807, 2.05) is 31.5 Å². The van der Waals surface area contributed by atoms with Gasteiger partial charge in [0.05, 0.1) is 17.8 Å². The second-order valence-corrected chi connectivity index (χ2v) is 9.92. The fraction of sp³-hybridized carbons (Fsp3) is 0.652. The largest absolute Gasteiger partial charge is 0.444 e. The van der Waals surface area contributed by atoms with Crippen molar-refractivity contribution < 1.29 is 14.3 Å². The fourth-order valence-corrected chi connectivity index (χ4v) is 4.42. The van der Waals surface area contributed by atoms with E-state index in [0.29, 0.717) is 39.0 Å². The number of aryl methyl sites for hydroxylation is 1. The van der Waals surface area contributed by atoms with Gasteiger partial charge in [-0.15, -0.1) is 0 Å². The van der Waals surface area contributed by atoms with Crippen molar-refractivity contribution in [2.75, 3.05) is 45.2 Å². The molecule has 0 aromatic carbocycles. The van der Waals surface area contributed by atoms with Crippen LogP contribution in [0.15, 0.2) is 6.20 Å². The minimum Gasteiger partial charge on any atom is -0.444 e. The molecule has 9 nitrogen and oxygen atoms in total. The van der Waals surface area contributed by atoms with Gasteiger partial charge in [-0.25, -0.2) is 9.78 Å². The van der Waals surface area contributed by atoms with Crippen LogP contribution in [0.3, 0.4) is 0 Å². The molecule has 2 amide bonds. The number of hydrogen-bond acceptors (Lipinski definition) is 6. The Morgan fingerprint density at radius 1 is 1.19 bits per heavy atom. The fourth-order valence-electron chi connectivity index (χ4n) is 4.42. The molecule has 0 bridgehead atoms. The Balaban J connectivity index is 1.66. The zero-order chi connectivity index (χ0) is 23.2. The second-order valence-electron chi connectivity index (χ2n) is 9.92. The van der Waals surface area contributed by atoms with E-state index in [0.717, 1.165) is 34.7 Å². The number of nitrogens with zero attached hydrogens (tertiary/aromatic N) is 6. The summed E-state index contributed by atoms with van der Waals surface area (Å²) in [6, 6.07) is 0. The average molecular weight is 443 g/mol. The maximum atomic E-state index is 12.7. The van der Waals surface area contributed by atoms with Crippen molar-refractivity contribution in [1.82, 2.24) is 24.4 Å². The molecule has 174 valence electrons. The number of hydrogen-bond donors (Lipinski definition) is 0. The van der Waals surface area contributed by atoms with E-state index in [-0.39, 0.29) is 17.9 Å². The van der Waals surface area contributed by atoms with Crippen molar-refractivity contribution in [3.8, 4) is 0 Å². The van der Waals surface area contributed by atoms with E-state index in [1.54, 1.807) is 23.9 Å². The van der Waals surface area contributed by atoms with Crippen LogP contribution in [-0.4, -0.2) is 82.3 Å². The Hall–Kier alpha value is -2.84. The van der Waals surface area contributed by atoms with Crippen LogP contribution >= 0.6 is 0 Å². The highest BCUT2D eigenvalue weighted by atomic mass is 16.6. The van der Waals surface area contributed by atoms with Gasteiger partial charge in [-0.05, 0) is 33.6 Å². The van der Waals surface area contributed by atoms with Gasteiger partial charge in [0, 0.05) is 57.8 Å². The maximum Gasteiger partial charge on any atom is 0.410 e. The van der Waals surface area contributed by atoms with Crippen molar-refractivity contribution in [1.29, 1.82) is 0 Å². The first-order valence-electron chi connectivity index (χ1n) is 11.4. The van der Waals surface area contributed by atoms with Crippen molar-refractivity contribution in [2.24, 2.45) is 5.92 Å². The molecule has 0 unspecified atom stereocenters. The highest BCUT2D eigenvalue weighted by molar-refractivity contribution is 5.82. The van der Waals surface area contributed by atoms with E-state index in [9.17, 15) is 9.59 Å². The summed E-state index contributed by atoms with van der Waals surface area (Å²) in [5.74, 6) is 1.16. The lowest BCUT2D eigenvalue weighted by Gasteiger charge is -2.41. The van der Waals surface area contributed by atoms with Crippen LogP contribution in [0.25, 0.3) is 5.65 Å². The third-order valence-corrected chi connectivity index (χ3v) is 6.13. The first-order chi connectivity index (χ1) is 15.1. The van der Waals surface area contributed by atoms with Crippen LogP contribution in [-0.2, 0) is 28.8 Å². The number of carbonyl (C=O) groups excluding carboxylic acids is 2. The lowest BCUT2D eigenvalue weighted by atomic mass is 9.97. The van der Waals surface area contributed by atoms with Gasteiger partial charge in [-0.3, -0.25) is 4.79 Å². The summed E-state index contributed by atoms with van der Waals surface area (Å²) in [5.41, 5.74) is 3.57. The molecule has 1 fully saturated rings. The van der Waals surface area contributed by atoms with Gasteiger partial charge in [0.1, 0.15) is 11.4 Å². The molecule has 2 aromatic heterocycles. The molecule has 0 atom stereocenters. The molecule has 1 saturated heterocycles.